The molecule has 18 heavy (non-hydrogen) atoms. The Morgan fingerprint density at radius 3 is 2.61 bits per heavy atom. The van der Waals surface area contributed by atoms with E-state index in [0.717, 1.165) is 31.2 Å². The lowest BCUT2D eigenvalue weighted by Crippen LogP contribution is -2.54. The molecule has 8 heteroatoms. The molecule has 0 spiro atoms. The normalized spacial score (nSPS) is 18.2. The highest BCUT2D eigenvalue weighted by atomic mass is 16.2. The molecule has 0 aromatic rings. The standard InChI is InChI=1S/C10H22N6O2/c1-2-16(12)10(18)8(11)7-9(17)14-15-5-3-13-4-6-15/h8,13H,2-7,11-12H2,1H3,(H,14,17)/t8-/m0/s1. The Morgan fingerprint density at radius 2 is 2.06 bits per heavy atom. The highest BCUT2D eigenvalue weighted by Gasteiger charge is 2.22. The van der Waals surface area contributed by atoms with Gasteiger partial charge < -0.3 is 11.1 Å². The first-order chi connectivity index (χ1) is 8.54. The lowest BCUT2D eigenvalue weighted by atomic mass is 10.2. The van der Waals surface area contributed by atoms with Crippen LogP contribution in [0.1, 0.15) is 13.3 Å². The molecule has 0 aromatic heterocycles. The molecule has 1 rings (SSSR count). The molecule has 1 fully saturated rings. The van der Waals surface area contributed by atoms with Gasteiger partial charge in [-0.2, -0.15) is 0 Å². The van der Waals surface area contributed by atoms with Crippen molar-refractivity contribution in [3.05, 3.63) is 0 Å². The molecule has 0 bridgehead atoms. The Bertz CT molecular complexity index is 292. The zero-order chi connectivity index (χ0) is 13.5. The van der Waals surface area contributed by atoms with Gasteiger partial charge in [-0.05, 0) is 6.92 Å². The third-order valence-electron chi connectivity index (χ3n) is 2.75. The van der Waals surface area contributed by atoms with Gasteiger partial charge in [-0.3, -0.25) is 20.0 Å². The maximum atomic E-state index is 11.7. The third-order valence-corrected chi connectivity index (χ3v) is 2.75. The summed E-state index contributed by atoms with van der Waals surface area (Å²) in [5.74, 6) is 4.75. The van der Waals surface area contributed by atoms with E-state index in [0.29, 0.717) is 6.54 Å². The summed E-state index contributed by atoms with van der Waals surface area (Å²) in [6.45, 7) is 5.26. The summed E-state index contributed by atoms with van der Waals surface area (Å²) in [6, 6.07) is -0.891. The van der Waals surface area contributed by atoms with E-state index < -0.39 is 11.9 Å². The molecule has 0 saturated carbocycles. The number of amides is 2. The second-order valence-electron chi connectivity index (χ2n) is 4.21. The summed E-state index contributed by atoms with van der Waals surface area (Å²) in [5.41, 5.74) is 8.36. The molecule has 1 aliphatic rings. The maximum Gasteiger partial charge on any atom is 0.253 e. The summed E-state index contributed by atoms with van der Waals surface area (Å²) in [7, 11) is 0. The monoisotopic (exact) mass is 258 g/mol. The van der Waals surface area contributed by atoms with Gasteiger partial charge in [0.1, 0.15) is 0 Å². The van der Waals surface area contributed by atoms with E-state index in [-0.39, 0.29) is 12.3 Å². The molecule has 6 N–H and O–H groups in total. The minimum absolute atomic E-state index is 0.0591. The molecule has 8 nitrogen and oxygen atoms in total. The van der Waals surface area contributed by atoms with Crippen LogP contribution in [0, 0.1) is 0 Å². The number of rotatable bonds is 5. The third kappa shape index (κ3) is 4.57. The van der Waals surface area contributed by atoms with Crippen LogP contribution >= 0.6 is 0 Å². The van der Waals surface area contributed by atoms with Crippen LogP contribution in [-0.2, 0) is 9.59 Å². The summed E-state index contributed by atoms with van der Waals surface area (Å²) < 4.78 is 0. The van der Waals surface area contributed by atoms with E-state index in [4.69, 9.17) is 11.6 Å². The van der Waals surface area contributed by atoms with Gasteiger partial charge in [-0.1, -0.05) is 0 Å². The second-order valence-corrected chi connectivity index (χ2v) is 4.21. The molecule has 1 aliphatic heterocycles. The number of carbonyl (C=O) groups excluding carboxylic acids is 2. The molecule has 1 atom stereocenters. The van der Waals surface area contributed by atoms with Gasteiger partial charge in [0.2, 0.25) is 5.91 Å². The van der Waals surface area contributed by atoms with Crippen molar-refractivity contribution < 1.29 is 9.59 Å². The molecule has 1 saturated heterocycles. The summed E-state index contributed by atoms with van der Waals surface area (Å²) >= 11 is 0. The van der Waals surface area contributed by atoms with Crippen LogP contribution in [0.2, 0.25) is 0 Å². The Balaban J connectivity index is 2.32. The van der Waals surface area contributed by atoms with Crippen molar-refractivity contribution in [1.82, 2.24) is 20.8 Å². The van der Waals surface area contributed by atoms with E-state index in [1.807, 2.05) is 5.01 Å². The zero-order valence-electron chi connectivity index (χ0n) is 10.7. The molecule has 0 unspecified atom stereocenters. The number of hydrogen-bond donors (Lipinski definition) is 4. The average Bonchev–Trinajstić information content (AvgIpc) is 2.37. The van der Waals surface area contributed by atoms with Crippen molar-refractivity contribution in [2.45, 2.75) is 19.4 Å². The van der Waals surface area contributed by atoms with Gasteiger partial charge in [0, 0.05) is 32.7 Å². The van der Waals surface area contributed by atoms with Crippen molar-refractivity contribution >= 4 is 11.8 Å². The van der Waals surface area contributed by atoms with Crippen LogP contribution in [0.25, 0.3) is 0 Å². The van der Waals surface area contributed by atoms with Gasteiger partial charge in [-0.15, -0.1) is 0 Å². The predicted octanol–water partition coefficient (Wildman–Crippen LogP) is -2.64. The number of hydrogen-bond acceptors (Lipinski definition) is 6. The Morgan fingerprint density at radius 1 is 1.44 bits per heavy atom. The summed E-state index contributed by atoms with van der Waals surface area (Å²) in [5, 5.41) is 6.01. The number of nitrogens with two attached hydrogens (primary N) is 2. The van der Waals surface area contributed by atoms with E-state index in [1.54, 1.807) is 6.92 Å². The van der Waals surface area contributed by atoms with Crippen LogP contribution in [-0.4, -0.2) is 60.6 Å². The van der Waals surface area contributed by atoms with Crippen LogP contribution in [0.15, 0.2) is 0 Å². The van der Waals surface area contributed by atoms with Crippen molar-refractivity contribution in [1.29, 1.82) is 0 Å². The van der Waals surface area contributed by atoms with Crippen LogP contribution in [0.5, 0.6) is 0 Å². The zero-order valence-corrected chi connectivity index (χ0v) is 10.7. The van der Waals surface area contributed by atoms with Gasteiger partial charge in [0.05, 0.1) is 12.5 Å². The van der Waals surface area contributed by atoms with Crippen molar-refractivity contribution in [3.8, 4) is 0 Å². The Hall–Kier alpha value is -1.22. The fraction of sp³-hybridized carbons (Fsp3) is 0.800. The maximum absolute atomic E-state index is 11.7. The van der Waals surface area contributed by atoms with E-state index in [1.165, 1.54) is 0 Å². The molecular formula is C10H22N6O2. The van der Waals surface area contributed by atoms with Gasteiger partial charge in [0.15, 0.2) is 0 Å². The lowest BCUT2D eigenvalue weighted by molar-refractivity contribution is -0.136. The number of piperazine rings is 1. The van der Waals surface area contributed by atoms with E-state index in [2.05, 4.69) is 10.7 Å². The topological polar surface area (TPSA) is 117 Å². The molecular weight excluding hydrogens is 236 g/mol. The van der Waals surface area contributed by atoms with Gasteiger partial charge in [0.25, 0.3) is 5.91 Å². The molecule has 1 heterocycles. The fourth-order valence-corrected chi connectivity index (χ4v) is 1.65. The second kappa shape index (κ2) is 7.27. The van der Waals surface area contributed by atoms with Gasteiger partial charge >= 0.3 is 0 Å². The van der Waals surface area contributed by atoms with Crippen molar-refractivity contribution in [2.75, 3.05) is 32.7 Å². The first kappa shape index (κ1) is 14.8. The molecule has 0 radical (unpaired) electrons. The first-order valence-corrected chi connectivity index (χ1v) is 6.11. The quantitative estimate of drug-likeness (QED) is 0.243. The minimum Gasteiger partial charge on any atom is -0.319 e. The largest absolute Gasteiger partial charge is 0.319 e. The summed E-state index contributed by atoms with van der Waals surface area (Å²) in [4.78, 5) is 23.2. The smallest absolute Gasteiger partial charge is 0.253 e. The van der Waals surface area contributed by atoms with Crippen LogP contribution < -0.4 is 22.3 Å². The Kier molecular flexibility index (Phi) is 5.99. The molecule has 0 aromatic carbocycles. The molecule has 0 aliphatic carbocycles. The number of nitrogens with one attached hydrogen (secondary N) is 2. The van der Waals surface area contributed by atoms with E-state index in [9.17, 15) is 9.59 Å². The number of likely N-dealkylation sites (N-methyl/N-ethyl adjacent to an activating group) is 1. The highest BCUT2D eigenvalue weighted by molar-refractivity contribution is 5.87. The number of carbonyl (C=O) groups is 2. The molecule has 2 amide bonds. The lowest BCUT2D eigenvalue weighted by Gasteiger charge is -2.28. The van der Waals surface area contributed by atoms with Crippen LogP contribution in [0.4, 0.5) is 0 Å². The van der Waals surface area contributed by atoms with Crippen molar-refractivity contribution in [3.63, 3.8) is 0 Å². The predicted molar refractivity (Wildman–Crippen MR) is 66.8 cm³/mol. The first-order valence-electron chi connectivity index (χ1n) is 6.11. The number of hydrazine groups is 2. The highest BCUT2D eigenvalue weighted by Crippen LogP contribution is 1.95. The SMILES string of the molecule is CCN(N)C(=O)[C@@H](N)CC(=O)NN1CCNCC1. The van der Waals surface area contributed by atoms with Crippen molar-refractivity contribution in [2.24, 2.45) is 11.6 Å². The Labute approximate surface area is 107 Å². The van der Waals surface area contributed by atoms with E-state index >= 15 is 0 Å². The molecule has 104 valence electrons. The number of nitrogens with zero attached hydrogens (tertiary/aromatic N) is 2. The average molecular weight is 258 g/mol. The summed E-state index contributed by atoms with van der Waals surface area (Å²) in [6.07, 6.45) is -0.0591. The van der Waals surface area contributed by atoms with Crippen LogP contribution in [0.3, 0.4) is 0 Å². The minimum atomic E-state index is -0.891. The fourth-order valence-electron chi connectivity index (χ4n) is 1.65. The van der Waals surface area contributed by atoms with Gasteiger partial charge in [-0.25, -0.2) is 10.9 Å².